The summed E-state index contributed by atoms with van der Waals surface area (Å²) in [6.45, 7) is 2.07. The molecule has 0 amide bonds. The zero-order valence-corrected chi connectivity index (χ0v) is 14.1. The van der Waals surface area contributed by atoms with Crippen molar-refractivity contribution in [2.24, 2.45) is 5.10 Å². The van der Waals surface area contributed by atoms with E-state index in [9.17, 15) is 0 Å². The van der Waals surface area contributed by atoms with Crippen LogP contribution in [0, 0.1) is 0 Å². The number of aromatic nitrogens is 3. The number of benzene rings is 1. The monoisotopic (exact) mass is 331 g/mol. The number of pyridine rings is 1. The Labute approximate surface area is 147 Å². The van der Waals surface area contributed by atoms with Crippen molar-refractivity contribution in [1.29, 1.82) is 0 Å². The molecule has 5 nitrogen and oxygen atoms in total. The molecule has 0 atom stereocenters. The molecule has 1 fully saturated rings. The molecule has 4 rings (SSSR count). The first-order chi connectivity index (χ1) is 12.4. The molecule has 3 aromatic rings. The standard InChI is InChI=1S/C20H21N5/c1-3-9-19(10-4-1)25-16-18(15-22-24-12-5-2-6-13-24)20(23-25)17-8-7-11-21-14-17/h1,3-4,7-11,14-16H,2,5-6,12-13H2/b22-15+. The third-order valence-electron chi connectivity index (χ3n) is 4.39. The van der Waals surface area contributed by atoms with Gasteiger partial charge >= 0.3 is 0 Å². The maximum absolute atomic E-state index is 4.78. The molecule has 0 spiro atoms. The van der Waals surface area contributed by atoms with Gasteiger partial charge in [0.25, 0.3) is 0 Å². The third-order valence-corrected chi connectivity index (χ3v) is 4.39. The van der Waals surface area contributed by atoms with Crippen LogP contribution in [0.1, 0.15) is 24.8 Å². The highest BCUT2D eigenvalue weighted by Crippen LogP contribution is 2.22. The molecule has 1 aromatic carbocycles. The molecule has 126 valence electrons. The fourth-order valence-electron chi connectivity index (χ4n) is 3.06. The van der Waals surface area contributed by atoms with Gasteiger partial charge in [0.2, 0.25) is 0 Å². The summed E-state index contributed by atoms with van der Waals surface area (Å²) < 4.78 is 1.90. The smallest absolute Gasteiger partial charge is 0.103 e. The van der Waals surface area contributed by atoms with Crippen LogP contribution in [0.25, 0.3) is 16.9 Å². The van der Waals surface area contributed by atoms with Crippen LogP contribution in [0.15, 0.2) is 66.2 Å². The SMILES string of the molecule is C(=N\N1CCCCC1)/c1cn(-c2ccccc2)nc1-c1cccnc1. The highest BCUT2D eigenvalue weighted by molar-refractivity contribution is 5.88. The summed E-state index contributed by atoms with van der Waals surface area (Å²) >= 11 is 0. The molecule has 0 bridgehead atoms. The van der Waals surface area contributed by atoms with Crippen molar-refractivity contribution in [3.05, 3.63) is 66.6 Å². The largest absolute Gasteiger partial charge is 0.297 e. The lowest BCUT2D eigenvalue weighted by atomic mass is 10.1. The fourth-order valence-corrected chi connectivity index (χ4v) is 3.06. The lowest BCUT2D eigenvalue weighted by molar-refractivity contribution is 0.240. The van der Waals surface area contributed by atoms with Crippen LogP contribution in [0.2, 0.25) is 0 Å². The van der Waals surface area contributed by atoms with Crippen molar-refractivity contribution in [2.75, 3.05) is 13.1 Å². The van der Waals surface area contributed by atoms with E-state index in [4.69, 9.17) is 5.10 Å². The lowest BCUT2D eigenvalue weighted by Gasteiger charge is -2.23. The molecule has 0 aliphatic carbocycles. The number of para-hydroxylation sites is 1. The number of hydrogen-bond acceptors (Lipinski definition) is 4. The molecular formula is C20H21N5. The molecule has 1 aliphatic rings. The van der Waals surface area contributed by atoms with Crippen molar-refractivity contribution in [1.82, 2.24) is 19.8 Å². The van der Waals surface area contributed by atoms with E-state index in [-0.39, 0.29) is 0 Å². The van der Waals surface area contributed by atoms with Gasteiger partial charge in [0.1, 0.15) is 5.69 Å². The first-order valence-electron chi connectivity index (χ1n) is 8.74. The number of nitrogens with zero attached hydrogens (tertiary/aromatic N) is 5. The van der Waals surface area contributed by atoms with E-state index in [2.05, 4.69) is 15.1 Å². The maximum atomic E-state index is 4.78. The Morgan fingerprint density at radius 2 is 1.80 bits per heavy atom. The van der Waals surface area contributed by atoms with Crippen LogP contribution in [0.3, 0.4) is 0 Å². The van der Waals surface area contributed by atoms with Gasteiger partial charge in [-0.3, -0.25) is 9.99 Å². The third kappa shape index (κ3) is 3.60. The summed E-state index contributed by atoms with van der Waals surface area (Å²) in [6, 6.07) is 14.1. The molecule has 2 aromatic heterocycles. The minimum Gasteiger partial charge on any atom is -0.297 e. The fraction of sp³-hybridized carbons (Fsp3) is 0.250. The Morgan fingerprint density at radius 3 is 2.56 bits per heavy atom. The average Bonchev–Trinajstić information content (AvgIpc) is 3.13. The van der Waals surface area contributed by atoms with Crippen LogP contribution in [0.5, 0.6) is 0 Å². The minimum atomic E-state index is 0.901. The first-order valence-corrected chi connectivity index (χ1v) is 8.74. The molecule has 0 N–H and O–H groups in total. The number of hydrogen-bond donors (Lipinski definition) is 0. The van der Waals surface area contributed by atoms with E-state index in [1.807, 2.05) is 65.8 Å². The Kier molecular flexibility index (Phi) is 4.55. The molecule has 3 heterocycles. The van der Waals surface area contributed by atoms with Crippen LogP contribution in [-0.2, 0) is 0 Å². The Morgan fingerprint density at radius 1 is 0.960 bits per heavy atom. The predicted molar refractivity (Wildman–Crippen MR) is 99.8 cm³/mol. The number of piperidine rings is 1. The zero-order chi connectivity index (χ0) is 16.9. The zero-order valence-electron chi connectivity index (χ0n) is 14.1. The molecule has 0 radical (unpaired) electrons. The second-order valence-electron chi connectivity index (χ2n) is 6.21. The van der Waals surface area contributed by atoms with Gasteiger partial charge in [-0.2, -0.15) is 10.2 Å². The van der Waals surface area contributed by atoms with Gasteiger partial charge in [-0.15, -0.1) is 0 Å². The number of rotatable bonds is 4. The molecule has 1 saturated heterocycles. The molecular weight excluding hydrogens is 310 g/mol. The van der Waals surface area contributed by atoms with Gasteiger partial charge in [-0.05, 0) is 43.5 Å². The van der Waals surface area contributed by atoms with Gasteiger partial charge in [0.05, 0.1) is 11.9 Å². The highest BCUT2D eigenvalue weighted by Gasteiger charge is 2.12. The van der Waals surface area contributed by atoms with E-state index < -0.39 is 0 Å². The van der Waals surface area contributed by atoms with E-state index in [1.54, 1.807) is 6.20 Å². The second-order valence-corrected chi connectivity index (χ2v) is 6.21. The maximum Gasteiger partial charge on any atom is 0.103 e. The lowest BCUT2D eigenvalue weighted by Crippen LogP contribution is -2.24. The van der Waals surface area contributed by atoms with Crippen molar-refractivity contribution < 1.29 is 0 Å². The molecule has 1 aliphatic heterocycles. The second kappa shape index (κ2) is 7.30. The quantitative estimate of drug-likeness (QED) is 0.684. The molecule has 25 heavy (non-hydrogen) atoms. The topological polar surface area (TPSA) is 46.3 Å². The number of hydrazone groups is 1. The van der Waals surface area contributed by atoms with Crippen LogP contribution in [0.4, 0.5) is 0 Å². The Balaban J connectivity index is 1.70. The van der Waals surface area contributed by atoms with Crippen LogP contribution >= 0.6 is 0 Å². The highest BCUT2D eigenvalue weighted by atomic mass is 15.4. The van der Waals surface area contributed by atoms with Gasteiger partial charge in [-0.25, -0.2) is 4.68 Å². The molecule has 5 heteroatoms. The Bertz CT molecular complexity index is 833. The van der Waals surface area contributed by atoms with Gasteiger partial charge in [0, 0.05) is 42.8 Å². The van der Waals surface area contributed by atoms with Crippen molar-refractivity contribution in [3.8, 4) is 16.9 Å². The molecule has 0 saturated carbocycles. The summed E-state index contributed by atoms with van der Waals surface area (Å²) in [7, 11) is 0. The van der Waals surface area contributed by atoms with Gasteiger partial charge < -0.3 is 0 Å². The average molecular weight is 331 g/mol. The van der Waals surface area contributed by atoms with Crippen molar-refractivity contribution >= 4 is 6.21 Å². The summed E-state index contributed by atoms with van der Waals surface area (Å²) in [4.78, 5) is 4.23. The van der Waals surface area contributed by atoms with Crippen molar-refractivity contribution in [3.63, 3.8) is 0 Å². The first kappa shape index (κ1) is 15.6. The van der Waals surface area contributed by atoms with Crippen molar-refractivity contribution in [2.45, 2.75) is 19.3 Å². The van der Waals surface area contributed by atoms with E-state index in [0.29, 0.717) is 0 Å². The normalized spacial score (nSPS) is 15.0. The van der Waals surface area contributed by atoms with Gasteiger partial charge in [0.15, 0.2) is 0 Å². The Hall–Kier alpha value is -2.95. The molecule has 0 unspecified atom stereocenters. The van der Waals surface area contributed by atoms with E-state index in [1.165, 1.54) is 19.3 Å². The van der Waals surface area contributed by atoms with Crippen LogP contribution in [-0.4, -0.2) is 39.1 Å². The summed E-state index contributed by atoms with van der Waals surface area (Å²) in [5.41, 5.74) is 3.93. The predicted octanol–water partition coefficient (Wildman–Crippen LogP) is 3.75. The van der Waals surface area contributed by atoms with Crippen LogP contribution < -0.4 is 0 Å². The summed E-state index contributed by atoms with van der Waals surface area (Å²) in [5, 5.41) is 11.6. The summed E-state index contributed by atoms with van der Waals surface area (Å²) in [6.07, 6.45) is 11.3. The van der Waals surface area contributed by atoms with E-state index in [0.717, 1.165) is 35.6 Å². The minimum absolute atomic E-state index is 0.901. The van der Waals surface area contributed by atoms with E-state index >= 15 is 0 Å². The van der Waals surface area contributed by atoms with Gasteiger partial charge in [-0.1, -0.05) is 18.2 Å². The summed E-state index contributed by atoms with van der Waals surface area (Å²) in [5.74, 6) is 0.